The lowest BCUT2D eigenvalue weighted by Gasteiger charge is -2.10. The van der Waals surface area contributed by atoms with E-state index in [0.29, 0.717) is 6.10 Å². The van der Waals surface area contributed by atoms with E-state index in [9.17, 15) is 0 Å². The third-order valence-electron chi connectivity index (χ3n) is 2.66. The highest BCUT2D eigenvalue weighted by atomic mass is 16.5. The molecule has 3 nitrogen and oxygen atoms in total. The summed E-state index contributed by atoms with van der Waals surface area (Å²) in [5, 5.41) is 3.48. The van der Waals surface area contributed by atoms with Gasteiger partial charge in [-0.3, -0.25) is 0 Å². The van der Waals surface area contributed by atoms with Gasteiger partial charge in [0.2, 0.25) is 0 Å². The standard InChI is InChI=1S/C12H25NO2/c1-11(2)15-7-4-3-6-13-9-12-5-8-14-10-12/h11-13H,3-10H2,1-2H3. The Balaban J connectivity index is 1.76. The van der Waals surface area contributed by atoms with Crippen molar-refractivity contribution in [3.63, 3.8) is 0 Å². The topological polar surface area (TPSA) is 30.5 Å². The lowest BCUT2D eigenvalue weighted by molar-refractivity contribution is 0.0760. The molecule has 0 bridgehead atoms. The van der Waals surface area contributed by atoms with Crippen LogP contribution in [-0.2, 0) is 9.47 Å². The average molecular weight is 215 g/mol. The molecular formula is C12H25NO2. The van der Waals surface area contributed by atoms with Crippen molar-refractivity contribution in [2.24, 2.45) is 5.92 Å². The van der Waals surface area contributed by atoms with Gasteiger partial charge in [0.05, 0.1) is 12.7 Å². The van der Waals surface area contributed by atoms with Gasteiger partial charge in [-0.05, 0) is 45.6 Å². The van der Waals surface area contributed by atoms with E-state index in [1.165, 1.54) is 12.8 Å². The van der Waals surface area contributed by atoms with Gasteiger partial charge in [-0.15, -0.1) is 0 Å². The summed E-state index contributed by atoms with van der Waals surface area (Å²) in [6.45, 7) is 9.18. The van der Waals surface area contributed by atoms with E-state index in [-0.39, 0.29) is 0 Å². The van der Waals surface area contributed by atoms with Crippen molar-refractivity contribution in [3.8, 4) is 0 Å². The first-order chi connectivity index (χ1) is 7.29. The molecule has 0 radical (unpaired) electrons. The van der Waals surface area contributed by atoms with Crippen molar-refractivity contribution in [3.05, 3.63) is 0 Å². The number of unbranched alkanes of at least 4 members (excludes halogenated alkanes) is 1. The van der Waals surface area contributed by atoms with Gasteiger partial charge >= 0.3 is 0 Å². The molecule has 1 aliphatic rings. The van der Waals surface area contributed by atoms with Crippen molar-refractivity contribution < 1.29 is 9.47 Å². The van der Waals surface area contributed by atoms with E-state index in [0.717, 1.165) is 45.2 Å². The maximum atomic E-state index is 5.47. The Labute approximate surface area is 93.5 Å². The zero-order chi connectivity index (χ0) is 10.9. The maximum absolute atomic E-state index is 5.47. The predicted molar refractivity (Wildman–Crippen MR) is 62.1 cm³/mol. The summed E-state index contributed by atoms with van der Waals surface area (Å²) in [5.41, 5.74) is 0. The molecule has 1 N–H and O–H groups in total. The maximum Gasteiger partial charge on any atom is 0.0518 e. The molecule has 0 aliphatic carbocycles. The molecule has 15 heavy (non-hydrogen) atoms. The Morgan fingerprint density at radius 3 is 2.93 bits per heavy atom. The summed E-state index contributed by atoms with van der Waals surface area (Å²) in [4.78, 5) is 0. The second-order valence-corrected chi connectivity index (χ2v) is 4.56. The third kappa shape index (κ3) is 6.88. The van der Waals surface area contributed by atoms with Crippen LogP contribution in [0, 0.1) is 5.92 Å². The predicted octanol–water partition coefficient (Wildman–Crippen LogP) is 1.82. The summed E-state index contributed by atoms with van der Waals surface area (Å²) in [6, 6.07) is 0. The Kier molecular flexibility index (Phi) is 6.98. The van der Waals surface area contributed by atoms with Crippen LogP contribution in [0.3, 0.4) is 0 Å². The molecule has 0 aromatic heterocycles. The molecule has 3 heteroatoms. The minimum absolute atomic E-state index is 0.369. The SMILES string of the molecule is CC(C)OCCCCNCC1CCOC1. The molecule has 90 valence electrons. The second kappa shape index (κ2) is 8.08. The zero-order valence-electron chi connectivity index (χ0n) is 10.1. The first-order valence-electron chi connectivity index (χ1n) is 6.19. The van der Waals surface area contributed by atoms with Gasteiger partial charge in [0.1, 0.15) is 0 Å². The summed E-state index contributed by atoms with van der Waals surface area (Å²) < 4.78 is 10.8. The van der Waals surface area contributed by atoms with Crippen LogP contribution in [0.4, 0.5) is 0 Å². The van der Waals surface area contributed by atoms with Crippen LogP contribution in [0.5, 0.6) is 0 Å². The lowest BCUT2D eigenvalue weighted by atomic mass is 10.1. The smallest absolute Gasteiger partial charge is 0.0518 e. The van der Waals surface area contributed by atoms with Crippen LogP contribution in [0.25, 0.3) is 0 Å². The molecule has 1 unspecified atom stereocenters. The largest absolute Gasteiger partial charge is 0.381 e. The van der Waals surface area contributed by atoms with Gasteiger partial charge in [-0.2, -0.15) is 0 Å². The van der Waals surface area contributed by atoms with Crippen LogP contribution in [-0.4, -0.2) is 39.0 Å². The van der Waals surface area contributed by atoms with Gasteiger partial charge < -0.3 is 14.8 Å². The highest BCUT2D eigenvalue weighted by Crippen LogP contribution is 2.10. The van der Waals surface area contributed by atoms with Gasteiger partial charge in [0.25, 0.3) is 0 Å². The van der Waals surface area contributed by atoms with Crippen molar-refractivity contribution in [1.29, 1.82) is 0 Å². The monoisotopic (exact) mass is 215 g/mol. The Morgan fingerprint density at radius 2 is 2.27 bits per heavy atom. The first kappa shape index (κ1) is 12.9. The summed E-state index contributed by atoms with van der Waals surface area (Å²) in [5.74, 6) is 0.747. The van der Waals surface area contributed by atoms with Gasteiger partial charge in [0, 0.05) is 19.8 Å². The molecule has 1 rings (SSSR count). The molecule has 1 heterocycles. The fourth-order valence-corrected chi connectivity index (χ4v) is 1.72. The van der Waals surface area contributed by atoms with E-state index in [4.69, 9.17) is 9.47 Å². The van der Waals surface area contributed by atoms with Crippen LogP contribution in [0.1, 0.15) is 33.1 Å². The zero-order valence-corrected chi connectivity index (χ0v) is 10.1. The van der Waals surface area contributed by atoms with E-state index < -0.39 is 0 Å². The quantitative estimate of drug-likeness (QED) is 0.626. The highest BCUT2D eigenvalue weighted by molar-refractivity contribution is 4.66. The molecule has 0 aromatic rings. The van der Waals surface area contributed by atoms with Crippen LogP contribution in [0.2, 0.25) is 0 Å². The average Bonchev–Trinajstić information content (AvgIpc) is 2.68. The van der Waals surface area contributed by atoms with E-state index in [1.54, 1.807) is 0 Å². The molecule has 0 saturated carbocycles. The van der Waals surface area contributed by atoms with Crippen LogP contribution < -0.4 is 5.32 Å². The Morgan fingerprint density at radius 1 is 1.40 bits per heavy atom. The molecule has 0 amide bonds. The van der Waals surface area contributed by atoms with Gasteiger partial charge in [0.15, 0.2) is 0 Å². The van der Waals surface area contributed by atoms with Crippen molar-refractivity contribution in [1.82, 2.24) is 5.32 Å². The number of hydrogen-bond acceptors (Lipinski definition) is 3. The number of nitrogens with one attached hydrogen (secondary N) is 1. The second-order valence-electron chi connectivity index (χ2n) is 4.56. The fraction of sp³-hybridized carbons (Fsp3) is 1.00. The number of ether oxygens (including phenoxy) is 2. The molecule has 1 aliphatic heterocycles. The van der Waals surface area contributed by atoms with Crippen LogP contribution >= 0.6 is 0 Å². The Bertz CT molecular complexity index is 145. The van der Waals surface area contributed by atoms with E-state index in [1.807, 2.05) is 0 Å². The summed E-state index contributed by atoms with van der Waals surface area (Å²) in [6.07, 6.45) is 3.96. The van der Waals surface area contributed by atoms with Crippen molar-refractivity contribution >= 4 is 0 Å². The molecular weight excluding hydrogens is 190 g/mol. The van der Waals surface area contributed by atoms with Gasteiger partial charge in [-0.25, -0.2) is 0 Å². The van der Waals surface area contributed by atoms with Crippen molar-refractivity contribution in [2.45, 2.75) is 39.2 Å². The van der Waals surface area contributed by atoms with Crippen molar-refractivity contribution in [2.75, 3.05) is 32.9 Å². The minimum Gasteiger partial charge on any atom is -0.381 e. The van der Waals surface area contributed by atoms with E-state index >= 15 is 0 Å². The molecule has 0 spiro atoms. The molecule has 1 fully saturated rings. The molecule has 1 atom stereocenters. The summed E-state index contributed by atoms with van der Waals surface area (Å²) in [7, 11) is 0. The Hall–Kier alpha value is -0.120. The number of rotatable bonds is 8. The fourth-order valence-electron chi connectivity index (χ4n) is 1.72. The minimum atomic E-state index is 0.369. The molecule has 1 saturated heterocycles. The normalized spacial score (nSPS) is 21.4. The highest BCUT2D eigenvalue weighted by Gasteiger charge is 2.14. The van der Waals surface area contributed by atoms with E-state index in [2.05, 4.69) is 19.2 Å². The summed E-state index contributed by atoms with van der Waals surface area (Å²) >= 11 is 0. The first-order valence-corrected chi connectivity index (χ1v) is 6.19. The van der Waals surface area contributed by atoms with Gasteiger partial charge in [-0.1, -0.05) is 0 Å². The lowest BCUT2D eigenvalue weighted by Crippen LogP contribution is -2.24. The van der Waals surface area contributed by atoms with Crippen LogP contribution in [0.15, 0.2) is 0 Å². The number of hydrogen-bond donors (Lipinski definition) is 1. The molecule has 0 aromatic carbocycles. The third-order valence-corrected chi connectivity index (χ3v) is 2.66.